The molecule has 3 aromatic rings. The molecule has 6 heteroatoms. The lowest BCUT2D eigenvalue weighted by Gasteiger charge is -2.29. The van der Waals surface area contributed by atoms with Gasteiger partial charge in [0.1, 0.15) is 11.6 Å². The monoisotopic (exact) mass is 437 g/mol. The summed E-state index contributed by atoms with van der Waals surface area (Å²) in [6, 6.07) is 10.9. The molecule has 2 aromatic carbocycles. The zero-order valence-corrected chi connectivity index (χ0v) is 18.2. The number of methoxy groups -OCH3 is 1. The molecule has 1 aliphatic heterocycles. The number of carbonyl (C=O) groups is 1. The first-order valence-corrected chi connectivity index (χ1v) is 11.4. The number of fused-ring (bicyclic) bond motifs is 1. The van der Waals surface area contributed by atoms with E-state index in [2.05, 4.69) is 11.4 Å². The Balaban J connectivity index is 1.36. The number of rotatable bonds is 6. The van der Waals surface area contributed by atoms with E-state index in [9.17, 15) is 9.18 Å². The Morgan fingerprint density at radius 1 is 1.16 bits per heavy atom. The SMILES string of the molecule is COc1ccc([C@H]2CNC(=O)[C@H](Cc3occ4cccc(F)c34)C2)cc1OC1CCCC1. The number of piperidine rings is 1. The summed E-state index contributed by atoms with van der Waals surface area (Å²) in [5.74, 6) is 1.54. The second kappa shape index (κ2) is 8.85. The van der Waals surface area contributed by atoms with Gasteiger partial charge in [0.2, 0.25) is 5.91 Å². The lowest BCUT2D eigenvalue weighted by atomic mass is 9.82. The molecule has 1 saturated heterocycles. The van der Waals surface area contributed by atoms with Crippen molar-refractivity contribution >= 4 is 16.7 Å². The molecular weight excluding hydrogens is 409 g/mol. The zero-order chi connectivity index (χ0) is 22.1. The maximum atomic E-state index is 14.4. The van der Waals surface area contributed by atoms with Gasteiger partial charge in [-0.2, -0.15) is 0 Å². The molecule has 1 aromatic heterocycles. The average Bonchev–Trinajstić information content (AvgIpc) is 3.46. The predicted molar refractivity (Wildman–Crippen MR) is 120 cm³/mol. The third kappa shape index (κ3) is 4.06. The van der Waals surface area contributed by atoms with Gasteiger partial charge in [0.15, 0.2) is 11.5 Å². The first-order valence-electron chi connectivity index (χ1n) is 11.4. The van der Waals surface area contributed by atoms with Crippen LogP contribution in [0.4, 0.5) is 4.39 Å². The van der Waals surface area contributed by atoms with E-state index in [4.69, 9.17) is 13.9 Å². The van der Waals surface area contributed by atoms with E-state index in [0.29, 0.717) is 30.5 Å². The van der Waals surface area contributed by atoms with Crippen LogP contribution >= 0.6 is 0 Å². The van der Waals surface area contributed by atoms with Crippen molar-refractivity contribution < 1.29 is 23.1 Å². The highest BCUT2D eigenvalue weighted by molar-refractivity contribution is 5.86. The van der Waals surface area contributed by atoms with Crippen molar-refractivity contribution in [1.29, 1.82) is 0 Å². The molecule has 1 N–H and O–H groups in total. The van der Waals surface area contributed by atoms with Crippen LogP contribution in [-0.2, 0) is 11.2 Å². The van der Waals surface area contributed by atoms with Gasteiger partial charge in [-0.1, -0.05) is 18.2 Å². The smallest absolute Gasteiger partial charge is 0.223 e. The molecule has 168 valence electrons. The number of halogens is 1. The number of amides is 1. The fraction of sp³-hybridized carbons (Fsp3) is 0.423. The Labute approximate surface area is 186 Å². The Morgan fingerprint density at radius 3 is 2.81 bits per heavy atom. The number of benzene rings is 2. The summed E-state index contributed by atoms with van der Waals surface area (Å²) in [6.07, 6.45) is 7.37. The van der Waals surface area contributed by atoms with Gasteiger partial charge in [-0.25, -0.2) is 4.39 Å². The quantitative estimate of drug-likeness (QED) is 0.564. The van der Waals surface area contributed by atoms with Crippen molar-refractivity contribution in [2.75, 3.05) is 13.7 Å². The standard InChI is InChI=1S/C26H28FNO4/c1-30-22-10-9-16(12-23(22)32-20-6-2-3-7-20)19-11-18(26(29)28-14-19)13-24-25-17(15-31-24)5-4-8-21(25)27/h4-5,8-10,12,15,18-20H,2-3,6-7,11,13-14H2,1H3,(H,28,29)/t18-,19+/m0/s1. The molecule has 0 spiro atoms. The van der Waals surface area contributed by atoms with E-state index in [1.807, 2.05) is 18.2 Å². The fourth-order valence-electron chi connectivity index (χ4n) is 5.06. The number of ether oxygens (including phenoxy) is 2. The summed E-state index contributed by atoms with van der Waals surface area (Å²) in [7, 11) is 1.65. The van der Waals surface area contributed by atoms with Crippen LogP contribution in [0.3, 0.4) is 0 Å². The van der Waals surface area contributed by atoms with Gasteiger partial charge in [0.05, 0.1) is 24.9 Å². The average molecular weight is 438 g/mol. The van der Waals surface area contributed by atoms with Crippen LogP contribution in [0.1, 0.15) is 49.3 Å². The van der Waals surface area contributed by atoms with E-state index < -0.39 is 0 Å². The molecule has 2 fully saturated rings. The molecule has 32 heavy (non-hydrogen) atoms. The molecule has 2 heterocycles. The van der Waals surface area contributed by atoms with E-state index in [1.54, 1.807) is 19.4 Å². The molecule has 2 atom stereocenters. The highest BCUT2D eigenvalue weighted by atomic mass is 19.1. The second-order valence-corrected chi connectivity index (χ2v) is 8.88. The first-order chi connectivity index (χ1) is 15.6. The molecule has 1 amide bonds. The lowest BCUT2D eigenvalue weighted by Crippen LogP contribution is -2.41. The van der Waals surface area contributed by atoms with Gasteiger partial charge in [-0.3, -0.25) is 4.79 Å². The summed E-state index contributed by atoms with van der Waals surface area (Å²) < 4.78 is 31.8. The first kappa shape index (κ1) is 20.9. The third-order valence-corrected chi connectivity index (χ3v) is 6.80. The minimum Gasteiger partial charge on any atom is -0.493 e. The molecule has 5 rings (SSSR count). The van der Waals surface area contributed by atoms with Crippen LogP contribution in [0.25, 0.3) is 10.8 Å². The van der Waals surface area contributed by atoms with Crippen molar-refractivity contribution in [3.63, 3.8) is 0 Å². The van der Waals surface area contributed by atoms with Crippen molar-refractivity contribution in [3.05, 3.63) is 59.8 Å². The van der Waals surface area contributed by atoms with Gasteiger partial charge in [0.25, 0.3) is 0 Å². The minimum absolute atomic E-state index is 0.0157. The van der Waals surface area contributed by atoms with Crippen LogP contribution < -0.4 is 14.8 Å². The minimum atomic E-state index is -0.317. The van der Waals surface area contributed by atoms with Crippen LogP contribution in [0.15, 0.2) is 47.1 Å². The summed E-state index contributed by atoms with van der Waals surface area (Å²) in [6.45, 7) is 0.567. The van der Waals surface area contributed by atoms with Crippen molar-refractivity contribution in [3.8, 4) is 11.5 Å². The van der Waals surface area contributed by atoms with Crippen LogP contribution in [0.2, 0.25) is 0 Å². The van der Waals surface area contributed by atoms with Crippen LogP contribution in [0.5, 0.6) is 11.5 Å². The Hall–Kier alpha value is -3.02. The van der Waals surface area contributed by atoms with Gasteiger partial charge < -0.3 is 19.2 Å². The normalized spacial score (nSPS) is 21.6. The summed E-state index contributed by atoms with van der Waals surface area (Å²) in [5.41, 5.74) is 1.11. The van der Waals surface area contributed by atoms with E-state index in [0.717, 1.165) is 35.3 Å². The summed E-state index contributed by atoms with van der Waals surface area (Å²) >= 11 is 0. The summed E-state index contributed by atoms with van der Waals surface area (Å²) in [4.78, 5) is 12.6. The van der Waals surface area contributed by atoms with Crippen molar-refractivity contribution in [2.24, 2.45) is 5.92 Å². The predicted octanol–water partition coefficient (Wildman–Crippen LogP) is 5.36. The molecule has 0 radical (unpaired) electrons. The number of nitrogens with one attached hydrogen (secondary N) is 1. The van der Waals surface area contributed by atoms with Crippen LogP contribution in [-0.4, -0.2) is 25.7 Å². The topological polar surface area (TPSA) is 60.7 Å². The summed E-state index contributed by atoms with van der Waals surface area (Å²) in [5, 5.41) is 4.22. The van der Waals surface area contributed by atoms with Gasteiger partial charge in [0, 0.05) is 30.2 Å². The van der Waals surface area contributed by atoms with Crippen LogP contribution in [0, 0.1) is 11.7 Å². The maximum absolute atomic E-state index is 14.4. The largest absolute Gasteiger partial charge is 0.493 e. The fourth-order valence-corrected chi connectivity index (χ4v) is 5.06. The van der Waals surface area contributed by atoms with E-state index in [1.165, 1.54) is 18.9 Å². The Morgan fingerprint density at radius 2 is 2.00 bits per heavy atom. The Kier molecular flexibility index (Phi) is 5.77. The number of furan rings is 1. The molecule has 1 saturated carbocycles. The molecular formula is C26H28FNO4. The Bertz CT molecular complexity index is 1120. The zero-order valence-electron chi connectivity index (χ0n) is 18.2. The second-order valence-electron chi connectivity index (χ2n) is 8.88. The van der Waals surface area contributed by atoms with E-state index in [-0.39, 0.29) is 29.7 Å². The van der Waals surface area contributed by atoms with Gasteiger partial charge in [-0.15, -0.1) is 0 Å². The number of hydrogen-bond acceptors (Lipinski definition) is 4. The van der Waals surface area contributed by atoms with Gasteiger partial charge in [-0.05, 0) is 55.9 Å². The molecule has 2 aliphatic rings. The highest BCUT2D eigenvalue weighted by Crippen LogP contribution is 2.37. The van der Waals surface area contributed by atoms with E-state index >= 15 is 0 Å². The molecule has 1 aliphatic carbocycles. The highest BCUT2D eigenvalue weighted by Gasteiger charge is 2.32. The van der Waals surface area contributed by atoms with Gasteiger partial charge >= 0.3 is 0 Å². The number of hydrogen-bond donors (Lipinski definition) is 1. The molecule has 5 nitrogen and oxygen atoms in total. The third-order valence-electron chi connectivity index (χ3n) is 6.80. The van der Waals surface area contributed by atoms with Crippen molar-refractivity contribution in [1.82, 2.24) is 5.32 Å². The maximum Gasteiger partial charge on any atom is 0.223 e. The molecule has 0 bridgehead atoms. The molecule has 0 unspecified atom stereocenters. The number of carbonyl (C=O) groups excluding carboxylic acids is 1. The van der Waals surface area contributed by atoms with Crippen molar-refractivity contribution in [2.45, 2.75) is 50.5 Å². The lowest BCUT2D eigenvalue weighted by molar-refractivity contribution is -0.127.